The maximum Gasteiger partial charge on any atom is 0.165 e. The molecule has 2 aromatic rings. The lowest BCUT2D eigenvalue weighted by molar-refractivity contribution is 0.274. The number of aliphatic hydroxyl groups excluding tert-OH is 1. The highest BCUT2D eigenvalue weighted by molar-refractivity contribution is 5.44. The van der Waals surface area contributed by atoms with E-state index in [-0.39, 0.29) is 12.4 Å². The summed E-state index contributed by atoms with van der Waals surface area (Å²) in [4.78, 5) is 6.02. The van der Waals surface area contributed by atoms with E-state index in [2.05, 4.69) is 10.1 Å². The summed E-state index contributed by atoms with van der Waals surface area (Å²) < 4.78 is 15.8. The van der Waals surface area contributed by atoms with E-state index < -0.39 is 0 Å². The second-order valence-corrected chi connectivity index (χ2v) is 4.83. The lowest BCUT2D eigenvalue weighted by atomic mass is 10.1. The first kappa shape index (κ1) is 13.1. The number of hydrogen-bond acceptors (Lipinski definition) is 4. The minimum atomic E-state index is -0.315. The monoisotopic (exact) mass is 276 g/mol. The normalized spacial score (nSPS) is 14.4. The number of fused-ring (bicyclic) bond motifs is 1. The summed E-state index contributed by atoms with van der Waals surface area (Å²) in [5.41, 5.74) is 2.83. The molecule has 1 aliphatic heterocycles. The molecule has 20 heavy (non-hydrogen) atoms. The molecule has 0 unspecified atom stereocenters. The third-order valence-corrected chi connectivity index (χ3v) is 3.71. The number of nitrogens with zero attached hydrogens (tertiary/aromatic N) is 4. The Balaban J connectivity index is 1.96. The quantitative estimate of drug-likeness (QED) is 0.923. The van der Waals surface area contributed by atoms with Gasteiger partial charge in [-0.1, -0.05) is 0 Å². The zero-order valence-corrected chi connectivity index (χ0v) is 11.4. The summed E-state index contributed by atoms with van der Waals surface area (Å²) in [6, 6.07) is 3.00. The number of halogens is 1. The van der Waals surface area contributed by atoms with Gasteiger partial charge in [0, 0.05) is 43.5 Å². The Morgan fingerprint density at radius 3 is 3.00 bits per heavy atom. The Morgan fingerprint density at radius 2 is 2.30 bits per heavy atom. The summed E-state index contributed by atoms with van der Waals surface area (Å²) in [5.74, 6) is 0.0515. The van der Waals surface area contributed by atoms with Crippen LogP contribution in [-0.2, 0) is 26.1 Å². The molecule has 0 fully saturated rings. The van der Waals surface area contributed by atoms with Crippen molar-refractivity contribution in [3.63, 3.8) is 0 Å². The van der Waals surface area contributed by atoms with Crippen LogP contribution in [0, 0.1) is 5.82 Å². The number of rotatable bonds is 3. The predicted octanol–water partition coefficient (Wildman–Crippen LogP) is 1.49. The molecule has 0 radical (unpaired) electrons. The zero-order valence-electron chi connectivity index (χ0n) is 11.4. The molecular weight excluding hydrogens is 259 g/mol. The highest BCUT2D eigenvalue weighted by Gasteiger charge is 2.26. The van der Waals surface area contributed by atoms with Gasteiger partial charge in [0.05, 0.1) is 12.3 Å². The Labute approximate surface area is 116 Å². The lowest BCUT2D eigenvalue weighted by Crippen LogP contribution is -2.32. The molecular formula is C14H17FN4O. The van der Waals surface area contributed by atoms with Gasteiger partial charge in [-0.2, -0.15) is 5.10 Å². The average Bonchev–Trinajstić information content (AvgIpc) is 2.85. The van der Waals surface area contributed by atoms with E-state index in [1.165, 1.54) is 6.07 Å². The molecule has 1 aliphatic rings. The van der Waals surface area contributed by atoms with E-state index in [1.54, 1.807) is 12.3 Å². The van der Waals surface area contributed by atoms with Gasteiger partial charge in [-0.3, -0.25) is 4.68 Å². The molecule has 5 nitrogen and oxygen atoms in total. The van der Waals surface area contributed by atoms with Gasteiger partial charge in [0.25, 0.3) is 0 Å². The van der Waals surface area contributed by atoms with E-state index in [0.29, 0.717) is 24.6 Å². The Hall–Kier alpha value is -1.95. The maximum absolute atomic E-state index is 13.8. The standard InChI is InChI=1S/C14H17FN4O/c1-2-19-13-5-7-18(8-10(13)12(9-20)17-19)14-11(15)4-3-6-16-14/h3-4,6,20H,2,5,7-9H2,1H3. The number of anilines is 1. The van der Waals surface area contributed by atoms with Crippen LogP contribution in [0.4, 0.5) is 10.2 Å². The summed E-state index contributed by atoms with van der Waals surface area (Å²) in [6.07, 6.45) is 2.38. The Morgan fingerprint density at radius 1 is 1.45 bits per heavy atom. The highest BCUT2D eigenvalue weighted by Crippen LogP contribution is 2.27. The van der Waals surface area contributed by atoms with Crippen LogP contribution < -0.4 is 4.90 Å². The van der Waals surface area contributed by atoms with Crippen molar-refractivity contribution in [1.82, 2.24) is 14.8 Å². The second kappa shape index (κ2) is 5.20. The van der Waals surface area contributed by atoms with Crippen molar-refractivity contribution in [3.05, 3.63) is 41.1 Å². The van der Waals surface area contributed by atoms with Crippen LogP contribution in [0.3, 0.4) is 0 Å². The van der Waals surface area contributed by atoms with E-state index in [0.717, 1.165) is 24.2 Å². The topological polar surface area (TPSA) is 54.2 Å². The van der Waals surface area contributed by atoms with Crippen molar-refractivity contribution in [2.24, 2.45) is 0 Å². The number of hydrogen-bond donors (Lipinski definition) is 1. The summed E-state index contributed by atoms with van der Waals surface area (Å²) in [7, 11) is 0. The largest absolute Gasteiger partial charge is 0.390 e. The number of aliphatic hydroxyl groups is 1. The smallest absolute Gasteiger partial charge is 0.165 e. The fraction of sp³-hybridized carbons (Fsp3) is 0.429. The molecule has 0 amide bonds. The first-order valence-electron chi connectivity index (χ1n) is 6.78. The third-order valence-electron chi connectivity index (χ3n) is 3.71. The first-order valence-corrected chi connectivity index (χ1v) is 6.78. The maximum atomic E-state index is 13.8. The van der Waals surface area contributed by atoms with E-state index >= 15 is 0 Å². The summed E-state index contributed by atoms with van der Waals surface area (Å²) >= 11 is 0. The molecule has 2 aromatic heterocycles. The Kier molecular flexibility index (Phi) is 3.40. The zero-order chi connectivity index (χ0) is 14.1. The minimum absolute atomic E-state index is 0.0894. The minimum Gasteiger partial charge on any atom is -0.390 e. The van der Waals surface area contributed by atoms with E-state index in [4.69, 9.17) is 0 Å². The van der Waals surface area contributed by atoms with Crippen molar-refractivity contribution in [2.45, 2.75) is 33.0 Å². The van der Waals surface area contributed by atoms with Gasteiger partial charge in [-0.05, 0) is 19.1 Å². The fourth-order valence-electron chi connectivity index (χ4n) is 2.74. The fourth-order valence-corrected chi connectivity index (χ4v) is 2.74. The van der Waals surface area contributed by atoms with Crippen molar-refractivity contribution in [3.8, 4) is 0 Å². The van der Waals surface area contributed by atoms with Gasteiger partial charge in [-0.25, -0.2) is 9.37 Å². The predicted molar refractivity (Wildman–Crippen MR) is 72.8 cm³/mol. The molecule has 0 aromatic carbocycles. The lowest BCUT2D eigenvalue weighted by Gasteiger charge is -2.28. The highest BCUT2D eigenvalue weighted by atomic mass is 19.1. The molecule has 0 spiro atoms. The first-order chi connectivity index (χ1) is 9.74. The number of aryl methyl sites for hydroxylation is 1. The Bertz CT molecular complexity index is 626. The van der Waals surface area contributed by atoms with Crippen LogP contribution >= 0.6 is 0 Å². The molecule has 0 saturated heterocycles. The molecule has 1 N–H and O–H groups in total. The van der Waals surface area contributed by atoms with Gasteiger partial charge in [0.2, 0.25) is 0 Å². The number of pyridine rings is 1. The van der Waals surface area contributed by atoms with Crippen LogP contribution in [0.5, 0.6) is 0 Å². The van der Waals surface area contributed by atoms with Gasteiger partial charge < -0.3 is 10.0 Å². The van der Waals surface area contributed by atoms with Crippen LogP contribution in [0.15, 0.2) is 18.3 Å². The van der Waals surface area contributed by atoms with Crippen LogP contribution in [0.25, 0.3) is 0 Å². The van der Waals surface area contributed by atoms with Crippen molar-refractivity contribution in [1.29, 1.82) is 0 Å². The molecule has 0 atom stereocenters. The SMILES string of the molecule is CCn1nc(CO)c2c1CCN(c1ncccc1F)C2. The molecule has 0 saturated carbocycles. The van der Waals surface area contributed by atoms with Gasteiger partial charge in [0.15, 0.2) is 11.6 Å². The summed E-state index contributed by atoms with van der Waals surface area (Å²) in [5, 5.41) is 13.8. The molecule has 106 valence electrons. The van der Waals surface area contributed by atoms with Gasteiger partial charge >= 0.3 is 0 Å². The van der Waals surface area contributed by atoms with Gasteiger partial charge in [-0.15, -0.1) is 0 Å². The average molecular weight is 276 g/mol. The van der Waals surface area contributed by atoms with E-state index in [1.807, 2.05) is 16.5 Å². The van der Waals surface area contributed by atoms with Crippen LogP contribution in [0.1, 0.15) is 23.9 Å². The second-order valence-electron chi connectivity index (χ2n) is 4.83. The molecule has 6 heteroatoms. The van der Waals surface area contributed by atoms with Crippen LogP contribution in [0.2, 0.25) is 0 Å². The van der Waals surface area contributed by atoms with E-state index in [9.17, 15) is 9.50 Å². The van der Waals surface area contributed by atoms with Crippen LogP contribution in [-0.4, -0.2) is 26.4 Å². The molecule has 0 bridgehead atoms. The third kappa shape index (κ3) is 2.06. The molecule has 3 rings (SSSR count). The molecule has 3 heterocycles. The molecule has 0 aliphatic carbocycles. The summed E-state index contributed by atoms with van der Waals surface area (Å²) in [6.45, 7) is 3.96. The van der Waals surface area contributed by atoms with Gasteiger partial charge in [0.1, 0.15) is 0 Å². The van der Waals surface area contributed by atoms with Crippen molar-refractivity contribution in [2.75, 3.05) is 11.4 Å². The number of aromatic nitrogens is 3. The van der Waals surface area contributed by atoms with Crippen molar-refractivity contribution >= 4 is 5.82 Å². The van der Waals surface area contributed by atoms with Crippen molar-refractivity contribution < 1.29 is 9.50 Å².